The van der Waals surface area contributed by atoms with Crippen LogP contribution in [0.25, 0.3) is 6.08 Å². The van der Waals surface area contributed by atoms with Gasteiger partial charge in [0, 0.05) is 5.57 Å². The van der Waals surface area contributed by atoms with Crippen molar-refractivity contribution in [3.63, 3.8) is 0 Å². The van der Waals surface area contributed by atoms with Crippen LogP contribution < -0.4 is 0 Å². The summed E-state index contributed by atoms with van der Waals surface area (Å²) >= 11 is 0. The van der Waals surface area contributed by atoms with E-state index in [4.69, 9.17) is 0 Å². The van der Waals surface area contributed by atoms with E-state index in [0.29, 0.717) is 0 Å². The number of Topliss-reactive ketones (excluding diaryl/α,β-unsaturated/α-hetero) is 1. The molecule has 0 aromatic heterocycles. The van der Waals surface area contributed by atoms with Crippen LogP contribution >= 0.6 is 0 Å². The van der Waals surface area contributed by atoms with Crippen LogP contribution in [-0.2, 0) is 4.79 Å². The van der Waals surface area contributed by atoms with E-state index in [1.165, 1.54) is 22.3 Å². The summed E-state index contributed by atoms with van der Waals surface area (Å²) in [4.78, 5) is 12.4. The Morgan fingerprint density at radius 2 is 1.58 bits per heavy atom. The maximum atomic E-state index is 12.4. The third kappa shape index (κ3) is 8.53. The summed E-state index contributed by atoms with van der Waals surface area (Å²) in [5.74, 6) is 0.133. The number of rotatable bonds is 11. The number of carbonyl (C=O) groups excluding carboxylic acids is 1. The summed E-state index contributed by atoms with van der Waals surface area (Å²) in [6, 6.07) is 6.35. The third-order valence-electron chi connectivity index (χ3n) is 5.37. The first-order valence-corrected chi connectivity index (χ1v) is 11.4. The fourth-order valence-electron chi connectivity index (χ4n) is 3.73. The molecule has 0 aliphatic rings. The van der Waals surface area contributed by atoms with Crippen LogP contribution in [-0.4, -0.2) is 5.78 Å². The number of benzene rings is 1. The van der Waals surface area contributed by atoms with Gasteiger partial charge in [-0.2, -0.15) is 0 Å². The van der Waals surface area contributed by atoms with Crippen LogP contribution in [0.4, 0.5) is 0 Å². The van der Waals surface area contributed by atoms with Gasteiger partial charge in [-0.1, -0.05) is 81.3 Å². The molecule has 0 fully saturated rings. The summed E-state index contributed by atoms with van der Waals surface area (Å²) in [6.45, 7) is 18.6. The van der Waals surface area contributed by atoms with Crippen molar-refractivity contribution in [1.82, 2.24) is 0 Å². The lowest BCUT2D eigenvalue weighted by Gasteiger charge is -2.12. The molecule has 0 amide bonds. The van der Waals surface area contributed by atoms with Gasteiger partial charge in [-0.25, -0.2) is 0 Å². The number of allylic oxidation sites excluding steroid dienone is 10. The molecule has 0 saturated carbocycles. The Labute approximate surface area is 190 Å². The zero-order valence-electron chi connectivity index (χ0n) is 20.6. The second-order valence-electron chi connectivity index (χ2n) is 8.23. The highest BCUT2D eigenvalue weighted by molar-refractivity contribution is 5.97. The molecule has 0 aliphatic carbocycles. The fraction of sp³-hybridized carbons (Fsp3) is 0.367. The van der Waals surface area contributed by atoms with Gasteiger partial charge in [-0.15, -0.1) is 0 Å². The van der Waals surface area contributed by atoms with Crippen molar-refractivity contribution in [1.29, 1.82) is 0 Å². The summed E-state index contributed by atoms with van der Waals surface area (Å²) < 4.78 is 0. The Bertz CT molecular complexity index is 909. The summed E-state index contributed by atoms with van der Waals surface area (Å²) in [7, 11) is 0. The molecule has 0 heterocycles. The van der Waals surface area contributed by atoms with Gasteiger partial charge in [-0.3, -0.25) is 4.79 Å². The first kappa shape index (κ1) is 26.4. The van der Waals surface area contributed by atoms with Crippen molar-refractivity contribution in [2.75, 3.05) is 0 Å². The molecule has 0 spiro atoms. The largest absolute Gasteiger partial charge is 0.295 e. The van der Waals surface area contributed by atoms with Gasteiger partial charge in [0.1, 0.15) is 0 Å². The minimum absolute atomic E-state index is 0.133. The minimum Gasteiger partial charge on any atom is -0.295 e. The lowest BCUT2D eigenvalue weighted by atomic mass is 9.93. The second kappa shape index (κ2) is 13.6. The van der Waals surface area contributed by atoms with E-state index in [9.17, 15) is 4.79 Å². The summed E-state index contributed by atoms with van der Waals surface area (Å²) in [5, 5.41) is 0. The van der Waals surface area contributed by atoms with Gasteiger partial charge in [-0.05, 0) is 93.0 Å². The maximum absolute atomic E-state index is 12.4. The molecule has 0 saturated heterocycles. The highest BCUT2D eigenvalue weighted by atomic mass is 16.1. The number of hydrogen-bond acceptors (Lipinski definition) is 1. The number of ketones is 1. The van der Waals surface area contributed by atoms with Crippen LogP contribution in [0.1, 0.15) is 77.0 Å². The highest BCUT2D eigenvalue weighted by Crippen LogP contribution is 2.25. The molecule has 1 aromatic carbocycles. The van der Waals surface area contributed by atoms with Crippen molar-refractivity contribution in [3.8, 4) is 0 Å². The van der Waals surface area contributed by atoms with Gasteiger partial charge in [0.2, 0.25) is 0 Å². The van der Waals surface area contributed by atoms with Gasteiger partial charge in [0.25, 0.3) is 0 Å². The van der Waals surface area contributed by atoms with E-state index in [1.54, 1.807) is 6.92 Å². The maximum Gasteiger partial charge on any atom is 0.159 e. The Hall–Kier alpha value is -2.67. The first-order chi connectivity index (χ1) is 14.7. The highest BCUT2D eigenvalue weighted by Gasteiger charge is 2.10. The van der Waals surface area contributed by atoms with E-state index < -0.39 is 0 Å². The van der Waals surface area contributed by atoms with Gasteiger partial charge >= 0.3 is 0 Å². The lowest BCUT2D eigenvalue weighted by molar-refractivity contribution is -0.113. The van der Waals surface area contributed by atoms with Crippen molar-refractivity contribution in [3.05, 3.63) is 99.7 Å². The Kier molecular flexibility index (Phi) is 11.6. The molecule has 1 heteroatoms. The monoisotopic (exact) mass is 416 g/mol. The van der Waals surface area contributed by atoms with Gasteiger partial charge < -0.3 is 0 Å². The zero-order valence-corrected chi connectivity index (χ0v) is 20.6. The van der Waals surface area contributed by atoms with Crippen LogP contribution in [0.2, 0.25) is 0 Å². The van der Waals surface area contributed by atoms with Crippen LogP contribution in [0.5, 0.6) is 0 Å². The molecular weight excluding hydrogens is 376 g/mol. The average Bonchev–Trinajstić information content (AvgIpc) is 2.70. The molecule has 166 valence electrons. The van der Waals surface area contributed by atoms with Gasteiger partial charge in [0.15, 0.2) is 5.78 Å². The molecule has 0 aliphatic heterocycles. The Morgan fingerprint density at radius 3 is 2.10 bits per heavy atom. The smallest absolute Gasteiger partial charge is 0.159 e. The first-order valence-electron chi connectivity index (χ1n) is 11.4. The molecule has 0 unspecified atom stereocenters. The fourth-order valence-corrected chi connectivity index (χ4v) is 3.73. The molecule has 0 atom stereocenters. The second-order valence-corrected chi connectivity index (χ2v) is 8.23. The quantitative estimate of drug-likeness (QED) is 0.260. The molecule has 1 nitrogen and oxygen atoms in total. The predicted octanol–water partition coefficient (Wildman–Crippen LogP) is 8.81. The molecule has 31 heavy (non-hydrogen) atoms. The lowest BCUT2D eigenvalue weighted by Crippen LogP contribution is -2.00. The molecule has 0 N–H and O–H groups in total. The number of carbonyl (C=O) groups is 1. The molecule has 0 radical (unpaired) electrons. The van der Waals surface area contributed by atoms with E-state index in [2.05, 4.69) is 89.8 Å². The van der Waals surface area contributed by atoms with E-state index in [0.717, 1.165) is 48.0 Å². The van der Waals surface area contributed by atoms with Crippen LogP contribution in [0, 0.1) is 13.8 Å². The molecule has 0 bridgehead atoms. The van der Waals surface area contributed by atoms with Crippen molar-refractivity contribution < 1.29 is 4.79 Å². The predicted molar refractivity (Wildman–Crippen MR) is 138 cm³/mol. The van der Waals surface area contributed by atoms with E-state index in [-0.39, 0.29) is 5.78 Å². The molecule has 1 rings (SSSR count). The van der Waals surface area contributed by atoms with E-state index in [1.807, 2.05) is 13.0 Å². The van der Waals surface area contributed by atoms with Gasteiger partial charge in [0.05, 0.1) is 0 Å². The van der Waals surface area contributed by atoms with Crippen LogP contribution in [0.15, 0.2) is 83.0 Å². The van der Waals surface area contributed by atoms with Crippen molar-refractivity contribution in [2.45, 2.75) is 74.1 Å². The topological polar surface area (TPSA) is 17.1 Å². The zero-order chi connectivity index (χ0) is 23.4. The molecule has 1 aromatic rings. The minimum atomic E-state index is 0.133. The number of hydrogen-bond donors (Lipinski definition) is 0. The van der Waals surface area contributed by atoms with E-state index >= 15 is 0 Å². The number of aryl methyl sites for hydroxylation is 2. The Morgan fingerprint density at radius 1 is 0.968 bits per heavy atom. The summed E-state index contributed by atoms with van der Waals surface area (Å²) in [6.07, 6.45) is 16.5. The van der Waals surface area contributed by atoms with Crippen LogP contribution in [0.3, 0.4) is 0 Å². The summed E-state index contributed by atoms with van der Waals surface area (Å²) in [5.41, 5.74) is 9.01. The normalized spacial score (nSPS) is 13.8. The van der Waals surface area contributed by atoms with Crippen molar-refractivity contribution in [2.24, 2.45) is 0 Å². The van der Waals surface area contributed by atoms with Crippen molar-refractivity contribution >= 4 is 11.9 Å². The Balaban J connectivity index is 3.40. The standard InChI is InChI=1S/C30H40O/c1-9-13-23(5)30(26(8)31)21-28(15-11-3)27(14-10-2)20-22(4)18-19-29-24(6)16-12-17-25(29)7/h10,12,14,16-21H,4,9,11,13,15H2,1-3,5-8H3/b14-10-,19-18+,27-20+,28-21+,30-23-. The average molecular weight is 417 g/mol. The third-order valence-corrected chi connectivity index (χ3v) is 5.37. The molecular formula is C30H40O. The SMILES string of the molecule is C=C(/C=C/c1c(C)cccc1C)/C=C(\C=C/C)C(=C/C(C(C)=O)=C(\C)CCC)/CCC.